The minimum absolute atomic E-state index is 0. The normalized spacial score (nSPS) is 11.1. The Hall–Kier alpha value is -2.10. The summed E-state index contributed by atoms with van der Waals surface area (Å²) in [6, 6.07) is 6.59. The van der Waals surface area contributed by atoms with E-state index in [1.54, 1.807) is 14.0 Å². The lowest BCUT2D eigenvalue weighted by Crippen LogP contribution is -2.31. The second-order valence-electron chi connectivity index (χ2n) is 5.32. The molecule has 0 saturated heterocycles. The molecule has 1 heterocycles. The van der Waals surface area contributed by atoms with E-state index in [2.05, 4.69) is 15.7 Å². The van der Waals surface area contributed by atoms with E-state index >= 15 is 0 Å². The van der Waals surface area contributed by atoms with Gasteiger partial charge in [0.25, 0.3) is 0 Å². The Morgan fingerprint density at radius 2 is 2.00 bits per heavy atom. The van der Waals surface area contributed by atoms with Gasteiger partial charge in [-0.25, -0.2) is 4.68 Å². The molecule has 2 N–H and O–H groups in total. The molecule has 0 aliphatic heterocycles. The van der Waals surface area contributed by atoms with E-state index in [0.29, 0.717) is 18.8 Å². The summed E-state index contributed by atoms with van der Waals surface area (Å²) in [5.74, 6) is -0.213. The van der Waals surface area contributed by atoms with Crippen LogP contribution in [0.25, 0.3) is 5.69 Å². The first-order valence-electron chi connectivity index (χ1n) is 7.55. The number of para-hydroxylation sites is 1. The predicted octanol–water partition coefficient (Wildman–Crippen LogP) is 2.80. The zero-order valence-electron chi connectivity index (χ0n) is 14.3. The summed E-state index contributed by atoms with van der Waals surface area (Å²) in [5, 5.41) is 9.52. The monoisotopic (exact) mass is 392 g/mol. The Morgan fingerprint density at radius 3 is 2.65 bits per heavy atom. The number of ether oxygens (including phenoxy) is 1. The molecule has 0 aliphatic rings. The van der Waals surface area contributed by atoms with Crippen LogP contribution >= 0.6 is 12.4 Å². The van der Waals surface area contributed by atoms with E-state index in [4.69, 9.17) is 4.74 Å². The molecule has 10 heteroatoms. The van der Waals surface area contributed by atoms with Crippen molar-refractivity contribution in [1.82, 2.24) is 15.1 Å². The highest BCUT2D eigenvalue weighted by Crippen LogP contribution is 2.34. The van der Waals surface area contributed by atoms with Gasteiger partial charge in [0.15, 0.2) is 0 Å². The number of alkyl halides is 3. The van der Waals surface area contributed by atoms with Crippen molar-refractivity contribution in [3.8, 4) is 5.69 Å². The molecule has 26 heavy (non-hydrogen) atoms. The molecule has 0 aliphatic carbocycles. The number of rotatable bonds is 7. The van der Waals surface area contributed by atoms with E-state index in [-0.39, 0.29) is 36.4 Å². The summed E-state index contributed by atoms with van der Waals surface area (Å²) >= 11 is 0. The number of nitrogens with zero attached hydrogens (tertiary/aromatic N) is 2. The van der Waals surface area contributed by atoms with Crippen LogP contribution in [0.15, 0.2) is 30.3 Å². The van der Waals surface area contributed by atoms with E-state index in [1.165, 1.54) is 24.3 Å². The van der Waals surface area contributed by atoms with Gasteiger partial charge < -0.3 is 15.4 Å². The number of methoxy groups -OCH3 is 1. The molecule has 1 aromatic carbocycles. The van der Waals surface area contributed by atoms with Gasteiger partial charge in [0, 0.05) is 19.7 Å². The van der Waals surface area contributed by atoms with E-state index in [0.717, 1.165) is 10.7 Å². The summed E-state index contributed by atoms with van der Waals surface area (Å²) in [5.41, 5.74) is -0.489. The molecule has 0 radical (unpaired) electrons. The molecular weight excluding hydrogens is 373 g/mol. The topological polar surface area (TPSA) is 68.2 Å². The Morgan fingerprint density at radius 1 is 1.31 bits per heavy atom. The number of carbonyl (C=O) groups excluding carboxylic acids is 1. The van der Waals surface area contributed by atoms with Gasteiger partial charge in [-0.15, -0.1) is 12.4 Å². The molecule has 2 aromatic rings. The maximum Gasteiger partial charge on any atom is 0.418 e. The number of halogens is 4. The summed E-state index contributed by atoms with van der Waals surface area (Å²) in [6.45, 7) is 2.58. The lowest BCUT2D eigenvalue weighted by molar-refractivity contribution is -0.137. The standard InChI is InChI=1S/C16H19F3N4O2.ClH/c1-11-9-14(21-15(24)10-20-7-8-25-2)23(22-11)13-6-4-3-5-12(13)16(17,18)19;/h3-6,9,20H,7-8,10H2,1-2H3,(H,21,24);1H. The highest BCUT2D eigenvalue weighted by Gasteiger charge is 2.34. The fourth-order valence-corrected chi connectivity index (χ4v) is 2.23. The molecule has 1 aromatic heterocycles. The molecule has 0 fully saturated rings. The second kappa shape index (κ2) is 9.56. The van der Waals surface area contributed by atoms with Gasteiger partial charge in [0.2, 0.25) is 5.91 Å². The lowest BCUT2D eigenvalue weighted by atomic mass is 10.1. The van der Waals surface area contributed by atoms with Gasteiger partial charge in [-0.05, 0) is 19.1 Å². The number of anilines is 1. The van der Waals surface area contributed by atoms with Crippen LogP contribution in [0.4, 0.5) is 19.0 Å². The summed E-state index contributed by atoms with van der Waals surface area (Å²) in [7, 11) is 1.54. The van der Waals surface area contributed by atoms with Crippen molar-refractivity contribution in [2.24, 2.45) is 0 Å². The largest absolute Gasteiger partial charge is 0.418 e. The van der Waals surface area contributed by atoms with Crippen molar-refractivity contribution in [2.45, 2.75) is 13.1 Å². The molecule has 144 valence electrons. The number of hydrogen-bond acceptors (Lipinski definition) is 4. The van der Waals surface area contributed by atoms with Gasteiger partial charge in [-0.3, -0.25) is 4.79 Å². The number of aromatic nitrogens is 2. The van der Waals surface area contributed by atoms with Crippen LogP contribution < -0.4 is 10.6 Å². The van der Waals surface area contributed by atoms with Crippen LogP contribution in [0.5, 0.6) is 0 Å². The first kappa shape index (κ1) is 21.9. The molecule has 2 rings (SSSR count). The molecule has 0 spiro atoms. The first-order chi connectivity index (χ1) is 11.8. The summed E-state index contributed by atoms with van der Waals surface area (Å²) < 4.78 is 45.6. The van der Waals surface area contributed by atoms with E-state index in [9.17, 15) is 18.0 Å². The number of carbonyl (C=O) groups is 1. The van der Waals surface area contributed by atoms with Crippen molar-refractivity contribution < 1.29 is 22.7 Å². The van der Waals surface area contributed by atoms with Crippen LogP contribution in [-0.2, 0) is 15.7 Å². The van der Waals surface area contributed by atoms with Crippen molar-refractivity contribution in [2.75, 3.05) is 32.1 Å². The maximum atomic E-state index is 13.2. The van der Waals surface area contributed by atoms with Crippen molar-refractivity contribution in [1.29, 1.82) is 0 Å². The molecule has 6 nitrogen and oxygen atoms in total. The SMILES string of the molecule is COCCNCC(=O)Nc1cc(C)nn1-c1ccccc1C(F)(F)F.Cl. The quantitative estimate of drug-likeness (QED) is 0.711. The molecule has 0 bridgehead atoms. The third-order valence-corrected chi connectivity index (χ3v) is 3.31. The molecule has 1 amide bonds. The van der Waals surface area contributed by atoms with E-state index in [1.807, 2.05) is 0 Å². The highest BCUT2D eigenvalue weighted by molar-refractivity contribution is 5.91. The van der Waals surface area contributed by atoms with Crippen LogP contribution in [0.1, 0.15) is 11.3 Å². The lowest BCUT2D eigenvalue weighted by Gasteiger charge is -2.15. The van der Waals surface area contributed by atoms with Gasteiger partial charge >= 0.3 is 6.18 Å². The fourth-order valence-electron chi connectivity index (χ4n) is 2.23. The number of hydrogen-bond donors (Lipinski definition) is 2. The fraction of sp³-hybridized carbons (Fsp3) is 0.375. The molecule has 0 saturated carbocycles. The smallest absolute Gasteiger partial charge is 0.383 e. The summed E-state index contributed by atoms with van der Waals surface area (Å²) in [6.07, 6.45) is -4.53. The molecule has 0 unspecified atom stereocenters. The van der Waals surface area contributed by atoms with Crippen LogP contribution in [-0.4, -0.2) is 42.5 Å². The Kier molecular flexibility index (Phi) is 8.07. The highest BCUT2D eigenvalue weighted by atomic mass is 35.5. The number of nitrogens with one attached hydrogen (secondary N) is 2. The Balaban J connectivity index is 0.00000338. The van der Waals surface area contributed by atoms with Gasteiger partial charge in [-0.2, -0.15) is 18.3 Å². The number of amides is 1. The molecular formula is C16H20ClF3N4O2. The predicted molar refractivity (Wildman–Crippen MR) is 93.9 cm³/mol. The summed E-state index contributed by atoms with van der Waals surface area (Å²) in [4.78, 5) is 12.0. The van der Waals surface area contributed by atoms with Gasteiger partial charge in [0.05, 0.1) is 30.1 Å². The van der Waals surface area contributed by atoms with Crippen molar-refractivity contribution in [3.63, 3.8) is 0 Å². The Bertz CT molecular complexity index is 735. The first-order valence-corrected chi connectivity index (χ1v) is 7.55. The molecule has 0 atom stereocenters. The minimum Gasteiger partial charge on any atom is -0.383 e. The third kappa shape index (κ3) is 5.72. The minimum atomic E-state index is -4.53. The van der Waals surface area contributed by atoms with Crippen molar-refractivity contribution in [3.05, 3.63) is 41.6 Å². The van der Waals surface area contributed by atoms with Crippen molar-refractivity contribution >= 4 is 24.1 Å². The number of benzene rings is 1. The van der Waals surface area contributed by atoms with E-state index < -0.39 is 11.7 Å². The zero-order valence-corrected chi connectivity index (χ0v) is 15.1. The number of aryl methyl sites for hydroxylation is 1. The maximum absolute atomic E-state index is 13.2. The van der Waals surface area contributed by atoms with Gasteiger partial charge in [-0.1, -0.05) is 12.1 Å². The average Bonchev–Trinajstić information content (AvgIpc) is 2.91. The van der Waals surface area contributed by atoms with Crippen LogP contribution in [0.2, 0.25) is 0 Å². The second-order valence-corrected chi connectivity index (χ2v) is 5.32. The Labute approximate surface area is 155 Å². The van der Waals surface area contributed by atoms with Crippen LogP contribution in [0.3, 0.4) is 0 Å². The van der Waals surface area contributed by atoms with Gasteiger partial charge in [0.1, 0.15) is 5.82 Å². The zero-order chi connectivity index (χ0) is 18.4. The average molecular weight is 393 g/mol. The third-order valence-electron chi connectivity index (χ3n) is 3.31. The van der Waals surface area contributed by atoms with Crippen LogP contribution in [0, 0.1) is 6.92 Å².